The molecule has 0 spiro atoms. The van der Waals surface area contributed by atoms with E-state index < -0.39 is 0 Å². The van der Waals surface area contributed by atoms with Crippen molar-refractivity contribution in [3.63, 3.8) is 0 Å². The summed E-state index contributed by atoms with van der Waals surface area (Å²) in [5, 5.41) is 9.80. The highest BCUT2D eigenvalue weighted by Gasteiger charge is 2.19. The zero-order valence-corrected chi connectivity index (χ0v) is 20.0. The first-order chi connectivity index (χ1) is 17.8. The number of aromatic nitrogens is 1. The Morgan fingerprint density at radius 2 is 1.39 bits per heavy atom. The number of nitrogens with one attached hydrogen (secondary N) is 1. The fraction of sp³-hybridized carbons (Fsp3) is 0. The van der Waals surface area contributed by atoms with Crippen molar-refractivity contribution in [2.45, 2.75) is 0 Å². The third-order valence-corrected chi connectivity index (χ3v) is 8.20. The van der Waals surface area contributed by atoms with Crippen LogP contribution in [0.3, 0.4) is 0 Å². The van der Waals surface area contributed by atoms with Gasteiger partial charge in [-0.1, -0.05) is 72.8 Å². The topological polar surface area (TPSA) is 30.1 Å². The predicted octanol–water partition coefficient (Wildman–Crippen LogP) is 9.64. The van der Waals surface area contributed by atoms with E-state index in [2.05, 4.69) is 113 Å². The second kappa shape index (κ2) is 7.48. The zero-order chi connectivity index (χ0) is 23.6. The van der Waals surface area contributed by atoms with Gasteiger partial charge >= 0.3 is 0 Å². The van der Waals surface area contributed by atoms with Crippen LogP contribution in [-0.4, -0.2) is 4.57 Å². The molecule has 3 heterocycles. The van der Waals surface area contributed by atoms with Gasteiger partial charge in [0.1, 0.15) is 5.58 Å². The van der Waals surface area contributed by atoms with E-state index in [4.69, 9.17) is 4.42 Å². The molecule has 0 unspecified atom stereocenters. The lowest BCUT2D eigenvalue weighted by Gasteiger charge is -2.11. The molecule has 0 fully saturated rings. The smallest absolute Gasteiger partial charge is 0.213 e. The van der Waals surface area contributed by atoms with Crippen LogP contribution in [0.15, 0.2) is 120 Å². The molecule has 0 radical (unpaired) electrons. The number of para-hydroxylation sites is 2. The first-order valence-corrected chi connectivity index (χ1v) is 12.9. The molecular formula is C32H20N2OS. The summed E-state index contributed by atoms with van der Waals surface area (Å²) in [6.45, 7) is 0. The van der Waals surface area contributed by atoms with Crippen LogP contribution >= 0.6 is 11.3 Å². The molecule has 4 heteroatoms. The maximum absolute atomic E-state index is 6.42. The van der Waals surface area contributed by atoms with E-state index in [0.29, 0.717) is 0 Å². The standard InChI is InChI=1S/C32H20N2OS/c1-4-16-27-24(12-1)30-25-13-2-5-17-28(25)35-32(30)34(27)21-10-7-9-20(19-21)33-26-15-8-14-23-22-11-3-6-18-29(22)36-31(23)26/h1-19,33H. The van der Waals surface area contributed by atoms with Crippen LogP contribution in [0.2, 0.25) is 0 Å². The summed E-state index contributed by atoms with van der Waals surface area (Å²) in [5.41, 5.74) is 6.15. The van der Waals surface area contributed by atoms with Crippen LogP contribution in [0.1, 0.15) is 0 Å². The van der Waals surface area contributed by atoms with Gasteiger partial charge in [0.2, 0.25) is 5.71 Å². The summed E-state index contributed by atoms with van der Waals surface area (Å²) in [6, 6.07) is 40.5. The lowest BCUT2D eigenvalue weighted by Crippen LogP contribution is -1.96. The quantitative estimate of drug-likeness (QED) is 0.273. The van der Waals surface area contributed by atoms with Crippen molar-refractivity contribution in [3.8, 4) is 5.69 Å². The minimum Gasteiger partial charge on any atom is -0.439 e. The highest BCUT2D eigenvalue weighted by molar-refractivity contribution is 7.26. The number of fused-ring (bicyclic) bond motifs is 8. The molecule has 1 N–H and O–H groups in total. The molecule has 8 rings (SSSR count). The largest absolute Gasteiger partial charge is 0.439 e. The number of hydrogen-bond acceptors (Lipinski definition) is 3. The fourth-order valence-electron chi connectivity index (χ4n) is 5.42. The van der Waals surface area contributed by atoms with Gasteiger partial charge in [-0.2, -0.15) is 0 Å². The number of hydrogen-bond donors (Lipinski definition) is 1. The number of thiophene rings is 1. The van der Waals surface area contributed by atoms with E-state index in [1.807, 2.05) is 23.5 Å². The van der Waals surface area contributed by atoms with Gasteiger partial charge in [0.05, 0.1) is 27.0 Å². The first kappa shape index (κ1) is 19.7. The molecule has 0 amide bonds. The maximum Gasteiger partial charge on any atom is 0.213 e. The van der Waals surface area contributed by atoms with E-state index in [0.717, 1.165) is 44.6 Å². The lowest BCUT2D eigenvalue weighted by molar-refractivity contribution is 0.645. The van der Waals surface area contributed by atoms with Crippen molar-refractivity contribution >= 4 is 75.9 Å². The Morgan fingerprint density at radius 1 is 0.639 bits per heavy atom. The molecular weight excluding hydrogens is 460 g/mol. The molecule has 0 aliphatic rings. The second-order valence-corrected chi connectivity index (χ2v) is 10.1. The molecule has 0 aliphatic carbocycles. The van der Waals surface area contributed by atoms with Gasteiger partial charge in [-0.3, -0.25) is 4.57 Å². The van der Waals surface area contributed by atoms with Crippen molar-refractivity contribution in [2.75, 3.05) is 5.32 Å². The van der Waals surface area contributed by atoms with Gasteiger partial charge < -0.3 is 9.73 Å². The Bertz CT molecular complexity index is 2090. The first-order valence-electron chi connectivity index (χ1n) is 12.0. The number of nitrogens with zero attached hydrogens (tertiary/aromatic N) is 1. The molecule has 5 aromatic carbocycles. The molecule has 36 heavy (non-hydrogen) atoms. The van der Waals surface area contributed by atoms with Crippen molar-refractivity contribution in [3.05, 3.63) is 115 Å². The van der Waals surface area contributed by atoms with Crippen LogP contribution in [-0.2, 0) is 0 Å². The third-order valence-electron chi connectivity index (χ3n) is 6.98. The average molecular weight is 481 g/mol. The molecule has 0 bridgehead atoms. The molecule has 3 nitrogen and oxygen atoms in total. The van der Waals surface area contributed by atoms with Crippen molar-refractivity contribution in [2.24, 2.45) is 0 Å². The predicted molar refractivity (Wildman–Crippen MR) is 153 cm³/mol. The van der Waals surface area contributed by atoms with E-state index in [1.54, 1.807) is 0 Å². The number of benzene rings is 5. The molecule has 170 valence electrons. The second-order valence-electron chi connectivity index (χ2n) is 9.09. The monoisotopic (exact) mass is 480 g/mol. The van der Waals surface area contributed by atoms with Crippen molar-refractivity contribution in [1.82, 2.24) is 4.57 Å². The van der Waals surface area contributed by atoms with Gasteiger partial charge in [-0.15, -0.1) is 11.3 Å². The Morgan fingerprint density at radius 3 is 2.33 bits per heavy atom. The maximum atomic E-state index is 6.42. The molecule has 8 aromatic rings. The van der Waals surface area contributed by atoms with Crippen LogP contribution in [0.5, 0.6) is 0 Å². The SMILES string of the molecule is c1cc(Nc2cccc3c2sc2ccccc23)cc(-n2c3ccccc3c3c4ccccc4oc32)c1. The Hall–Kier alpha value is -4.54. The van der Waals surface area contributed by atoms with Crippen LogP contribution in [0.25, 0.3) is 58.8 Å². The summed E-state index contributed by atoms with van der Waals surface area (Å²) in [5.74, 6) is 0. The van der Waals surface area contributed by atoms with E-state index in [-0.39, 0.29) is 0 Å². The molecule has 3 aromatic heterocycles. The number of furan rings is 1. The summed E-state index contributed by atoms with van der Waals surface area (Å²) in [4.78, 5) is 0. The third kappa shape index (κ3) is 2.79. The summed E-state index contributed by atoms with van der Waals surface area (Å²) >= 11 is 1.83. The van der Waals surface area contributed by atoms with E-state index in [1.165, 1.54) is 25.6 Å². The summed E-state index contributed by atoms with van der Waals surface area (Å²) < 4.78 is 11.2. The van der Waals surface area contributed by atoms with Gasteiger partial charge in [0, 0.05) is 31.9 Å². The lowest BCUT2D eigenvalue weighted by atomic mass is 10.1. The zero-order valence-electron chi connectivity index (χ0n) is 19.2. The Kier molecular flexibility index (Phi) is 4.10. The molecule has 0 saturated carbocycles. The number of rotatable bonds is 3. The van der Waals surface area contributed by atoms with Crippen LogP contribution in [0.4, 0.5) is 11.4 Å². The summed E-state index contributed by atoms with van der Waals surface area (Å²) in [6.07, 6.45) is 0. The van der Waals surface area contributed by atoms with Gasteiger partial charge in [-0.05, 0) is 42.5 Å². The average Bonchev–Trinajstić information content (AvgIpc) is 3.58. The molecule has 0 aliphatic heterocycles. The minimum absolute atomic E-state index is 0.876. The summed E-state index contributed by atoms with van der Waals surface area (Å²) in [7, 11) is 0. The van der Waals surface area contributed by atoms with Gasteiger partial charge in [-0.25, -0.2) is 0 Å². The Balaban J connectivity index is 1.31. The van der Waals surface area contributed by atoms with Crippen molar-refractivity contribution in [1.29, 1.82) is 0 Å². The van der Waals surface area contributed by atoms with E-state index in [9.17, 15) is 0 Å². The molecule has 0 saturated heterocycles. The number of anilines is 2. The van der Waals surface area contributed by atoms with Crippen LogP contribution in [0, 0.1) is 0 Å². The van der Waals surface area contributed by atoms with Gasteiger partial charge in [0.25, 0.3) is 0 Å². The minimum atomic E-state index is 0.876. The van der Waals surface area contributed by atoms with Crippen LogP contribution < -0.4 is 5.32 Å². The highest BCUT2D eigenvalue weighted by atomic mass is 32.1. The fourth-order valence-corrected chi connectivity index (χ4v) is 6.59. The Labute approximate surface area is 210 Å². The van der Waals surface area contributed by atoms with Gasteiger partial charge in [0.15, 0.2) is 0 Å². The highest BCUT2D eigenvalue weighted by Crippen LogP contribution is 2.41. The normalized spacial score (nSPS) is 11.9. The molecule has 0 atom stereocenters. The van der Waals surface area contributed by atoms with E-state index >= 15 is 0 Å². The van der Waals surface area contributed by atoms with Crippen molar-refractivity contribution < 1.29 is 4.42 Å².